The molecule has 3 unspecified atom stereocenters. The van der Waals surface area contributed by atoms with Crippen molar-refractivity contribution >= 4 is 11.9 Å². The number of allylic oxidation sites excluding steroid dienone is 3. The first kappa shape index (κ1) is 25.4. The molecule has 0 spiro atoms. The maximum atomic E-state index is 11.6. The molecule has 0 radical (unpaired) electrons. The van der Waals surface area contributed by atoms with E-state index in [1.807, 2.05) is 6.08 Å². The van der Waals surface area contributed by atoms with Crippen LogP contribution in [0.4, 0.5) is 0 Å². The normalized spacial score (nSPS) is 32.3. The molecule has 1 fully saturated rings. The number of hydrogen-bond donors (Lipinski definition) is 1. The molecular formula is C27H38O6. The first-order valence-electron chi connectivity index (χ1n) is 12.1. The van der Waals surface area contributed by atoms with E-state index in [0.29, 0.717) is 24.3 Å². The zero-order valence-corrected chi connectivity index (χ0v) is 20.4. The van der Waals surface area contributed by atoms with E-state index in [2.05, 4.69) is 33.4 Å². The molecule has 3 rings (SSSR count). The topological polar surface area (TPSA) is 82.1 Å². The summed E-state index contributed by atoms with van der Waals surface area (Å²) in [4.78, 5) is 22.9. The highest BCUT2D eigenvalue weighted by atomic mass is 16.7. The zero-order valence-electron chi connectivity index (χ0n) is 20.4. The SMILES string of the molecule is C=C(C)[C@@]1(CC/C(C)=C/CCC2=CCC(C3=CC(=O)OC3OC(C)=O)OC2O)CCC[C@H]1C. The summed E-state index contributed by atoms with van der Waals surface area (Å²) < 4.78 is 15.8. The van der Waals surface area contributed by atoms with Gasteiger partial charge in [-0.1, -0.05) is 43.2 Å². The molecule has 6 nitrogen and oxygen atoms in total. The molecule has 0 amide bonds. The Kier molecular flexibility index (Phi) is 8.35. The van der Waals surface area contributed by atoms with Crippen molar-refractivity contribution in [2.45, 2.75) is 97.7 Å². The van der Waals surface area contributed by atoms with Gasteiger partial charge in [-0.2, -0.15) is 0 Å². The van der Waals surface area contributed by atoms with Crippen molar-refractivity contribution in [3.05, 3.63) is 47.1 Å². The van der Waals surface area contributed by atoms with Gasteiger partial charge in [0.1, 0.15) is 0 Å². The van der Waals surface area contributed by atoms with Crippen molar-refractivity contribution in [1.29, 1.82) is 0 Å². The number of carbonyl (C=O) groups is 2. The van der Waals surface area contributed by atoms with E-state index in [0.717, 1.165) is 24.8 Å². The van der Waals surface area contributed by atoms with E-state index in [1.165, 1.54) is 43.4 Å². The fourth-order valence-electron chi connectivity index (χ4n) is 5.47. The third-order valence-electron chi connectivity index (χ3n) is 7.57. The van der Waals surface area contributed by atoms with Gasteiger partial charge in [0, 0.05) is 18.6 Å². The Hall–Kier alpha value is -2.18. The standard InChI is InChI=1S/C27H38O6/c1-17(2)27(14-7-9-19(27)4)15-13-18(3)8-6-10-21-11-12-23(32-25(21)30)22-16-24(29)33-26(22)31-20(5)28/h8,11,16,19,23,25-26,30H,1,6-7,9-10,12-15H2,2-5H3/b18-8+/t19-,23?,25?,26?,27+/m1/s1. The number of rotatable bonds is 9. The number of esters is 2. The molecule has 1 aliphatic carbocycles. The highest BCUT2D eigenvalue weighted by molar-refractivity contribution is 5.86. The van der Waals surface area contributed by atoms with Gasteiger partial charge in [0.25, 0.3) is 6.29 Å². The predicted molar refractivity (Wildman–Crippen MR) is 126 cm³/mol. The molecule has 1 saturated carbocycles. The predicted octanol–water partition coefficient (Wildman–Crippen LogP) is 5.28. The Morgan fingerprint density at radius 2 is 2.12 bits per heavy atom. The summed E-state index contributed by atoms with van der Waals surface area (Å²) in [6, 6.07) is 0. The molecule has 182 valence electrons. The fourth-order valence-corrected chi connectivity index (χ4v) is 5.47. The minimum absolute atomic E-state index is 0.282. The van der Waals surface area contributed by atoms with Crippen LogP contribution in [-0.2, 0) is 23.8 Å². The van der Waals surface area contributed by atoms with Crippen molar-refractivity contribution in [3.63, 3.8) is 0 Å². The highest BCUT2D eigenvalue weighted by Gasteiger charge is 2.40. The fraction of sp³-hybridized carbons (Fsp3) is 0.630. The summed E-state index contributed by atoms with van der Waals surface area (Å²) in [5.74, 6) is -0.427. The van der Waals surface area contributed by atoms with Crippen LogP contribution in [0.5, 0.6) is 0 Å². The minimum Gasteiger partial charge on any atom is -0.421 e. The van der Waals surface area contributed by atoms with Gasteiger partial charge in [0.2, 0.25) is 0 Å². The lowest BCUT2D eigenvalue weighted by molar-refractivity contribution is -0.176. The van der Waals surface area contributed by atoms with Crippen molar-refractivity contribution < 1.29 is 28.9 Å². The van der Waals surface area contributed by atoms with Gasteiger partial charge in [-0.3, -0.25) is 4.79 Å². The highest BCUT2D eigenvalue weighted by Crippen LogP contribution is 2.51. The first-order chi connectivity index (χ1) is 15.6. The third kappa shape index (κ3) is 6.04. The van der Waals surface area contributed by atoms with Crippen LogP contribution in [-0.4, -0.2) is 35.7 Å². The van der Waals surface area contributed by atoms with Gasteiger partial charge >= 0.3 is 11.9 Å². The second kappa shape index (κ2) is 10.8. The lowest BCUT2D eigenvalue weighted by Crippen LogP contribution is -2.33. The third-order valence-corrected chi connectivity index (χ3v) is 7.57. The molecule has 0 aromatic rings. The van der Waals surface area contributed by atoms with E-state index in [9.17, 15) is 14.7 Å². The van der Waals surface area contributed by atoms with Crippen LogP contribution in [0.2, 0.25) is 0 Å². The Morgan fingerprint density at radius 1 is 1.36 bits per heavy atom. The van der Waals surface area contributed by atoms with Crippen LogP contribution in [0.15, 0.2) is 47.1 Å². The summed E-state index contributed by atoms with van der Waals surface area (Å²) in [6.07, 6.45) is 10.9. The summed E-state index contributed by atoms with van der Waals surface area (Å²) in [5.41, 5.74) is 4.23. The van der Waals surface area contributed by atoms with E-state index in [4.69, 9.17) is 14.2 Å². The van der Waals surface area contributed by atoms with Crippen LogP contribution in [0, 0.1) is 11.3 Å². The van der Waals surface area contributed by atoms with Gasteiger partial charge < -0.3 is 19.3 Å². The molecule has 2 heterocycles. The molecule has 0 aromatic heterocycles. The molecular weight excluding hydrogens is 420 g/mol. The van der Waals surface area contributed by atoms with Gasteiger partial charge in [-0.15, -0.1) is 0 Å². The minimum atomic E-state index is -1.09. The van der Waals surface area contributed by atoms with Crippen molar-refractivity contribution in [2.24, 2.45) is 11.3 Å². The van der Waals surface area contributed by atoms with Crippen LogP contribution in [0.1, 0.15) is 79.1 Å². The number of cyclic esters (lactones) is 1. The molecule has 1 N–H and O–H groups in total. The Labute approximate surface area is 197 Å². The summed E-state index contributed by atoms with van der Waals surface area (Å²) >= 11 is 0. The van der Waals surface area contributed by atoms with E-state index in [-0.39, 0.29) is 5.41 Å². The first-order valence-corrected chi connectivity index (χ1v) is 12.1. The Bertz CT molecular complexity index is 866. The maximum absolute atomic E-state index is 11.6. The van der Waals surface area contributed by atoms with Crippen LogP contribution >= 0.6 is 0 Å². The van der Waals surface area contributed by atoms with Gasteiger partial charge in [0.15, 0.2) is 6.29 Å². The van der Waals surface area contributed by atoms with Crippen molar-refractivity contribution in [2.75, 3.05) is 0 Å². The number of carbonyl (C=O) groups excluding carboxylic acids is 2. The van der Waals surface area contributed by atoms with Gasteiger partial charge in [-0.25, -0.2) is 4.79 Å². The number of ether oxygens (including phenoxy) is 3. The maximum Gasteiger partial charge on any atom is 0.334 e. The summed E-state index contributed by atoms with van der Waals surface area (Å²) in [7, 11) is 0. The van der Waals surface area contributed by atoms with E-state index < -0.39 is 30.6 Å². The summed E-state index contributed by atoms with van der Waals surface area (Å²) in [5, 5.41) is 10.5. The smallest absolute Gasteiger partial charge is 0.334 e. The molecule has 0 saturated heterocycles. The summed E-state index contributed by atoms with van der Waals surface area (Å²) in [6.45, 7) is 12.3. The average Bonchev–Trinajstić information content (AvgIpc) is 3.29. The second-order valence-corrected chi connectivity index (χ2v) is 9.83. The van der Waals surface area contributed by atoms with Crippen LogP contribution < -0.4 is 0 Å². The molecule has 3 aliphatic rings. The second-order valence-electron chi connectivity index (χ2n) is 9.83. The monoisotopic (exact) mass is 458 g/mol. The Balaban J connectivity index is 1.51. The Morgan fingerprint density at radius 3 is 2.73 bits per heavy atom. The van der Waals surface area contributed by atoms with E-state index >= 15 is 0 Å². The van der Waals surface area contributed by atoms with E-state index in [1.54, 1.807) is 0 Å². The number of aliphatic hydroxyl groups excluding tert-OH is 1. The molecule has 6 heteroatoms. The average molecular weight is 459 g/mol. The van der Waals surface area contributed by atoms with Gasteiger partial charge in [-0.05, 0) is 75.7 Å². The molecule has 0 bridgehead atoms. The molecule has 0 aromatic carbocycles. The lowest BCUT2D eigenvalue weighted by atomic mass is 9.70. The van der Waals surface area contributed by atoms with Crippen LogP contribution in [0.25, 0.3) is 0 Å². The van der Waals surface area contributed by atoms with Crippen molar-refractivity contribution in [3.8, 4) is 0 Å². The molecule has 5 atom stereocenters. The number of hydrogen-bond acceptors (Lipinski definition) is 6. The lowest BCUT2D eigenvalue weighted by Gasteiger charge is -2.35. The van der Waals surface area contributed by atoms with Crippen molar-refractivity contribution in [1.82, 2.24) is 0 Å². The van der Waals surface area contributed by atoms with Gasteiger partial charge in [0.05, 0.1) is 6.10 Å². The van der Waals surface area contributed by atoms with Crippen LogP contribution in [0.3, 0.4) is 0 Å². The largest absolute Gasteiger partial charge is 0.421 e. The molecule has 33 heavy (non-hydrogen) atoms. The quantitative estimate of drug-likeness (QED) is 0.374. The molecule has 2 aliphatic heterocycles. The zero-order chi connectivity index (χ0) is 24.2. The number of aliphatic hydroxyl groups is 1.